The first-order valence-electron chi connectivity index (χ1n) is 5.87. The van der Waals surface area contributed by atoms with Gasteiger partial charge in [0.15, 0.2) is 0 Å². The first kappa shape index (κ1) is 16.0. The molecule has 0 aromatic heterocycles. The highest BCUT2D eigenvalue weighted by molar-refractivity contribution is 9.10. The van der Waals surface area contributed by atoms with Crippen molar-refractivity contribution in [1.29, 1.82) is 0 Å². The van der Waals surface area contributed by atoms with Gasteiger partial charge in [-0.05, 0) is 40.7 Å². The van der Waals surface area contributed by atoms with Crippen LogP contribution in [0.1, 0.15) is 34.6 Å². The van der Waals surface area contributed by atoms with E-state index in [0.29, 0.717) is 4.47 Å². The number of carbonyl (C=O) groups is 2. The van der Waals surface area contributed by atoms with E-state index in [1.165, 1.54) is 6.07 Å². The molecule has 1 amide bonds. The molecule has 4 nitrogen and oxygen atoms in total. The number of hydrogen-bond donors (Lipinski definition) is 2. The molecule has 0 fully saturated rings. The SMILES string of the molecule is CCSCC(C)NC(=O)c1cccc(Br)c1C(=O)O. The minimum atomic E-state index is -1.12. The molecular formula is C13H16BrNO3S. The van der Waals surface area contributed by atoms with E-state index in [1.54, 1.807) is 23.9 Å². The summed E-state index contributed by atoms with van der Waals surface area (Å²) in [5.41, 5.74) is 0.172. The molecule has 0 saturated heterocycles. The molecule has 104 valence electrons. The maximum absolute atomic E-state index is 12.1. The molecular weight excluding hydrogens is 330 g/mol. The molecule has 1 atom stereocenters. The van der Waals surface area contributed by atoms with Crippen molar-refractivity contribution in [2.24, 2.45) is 0 Å². The Morgan fingerprint density at radius 3 is 2.74 bits per heavy atom. The van der Waals surface area contributed by atoms with E-state index in [4.69, 9.17) is 5.11 Å². The molecule has 2 N–H and O–H groups in total. The van der Waals surface area contributed by atoms with Crippen LogP contribution in [0.4, 0.5) is 0 Å². The molecule has 0 bridgehead atoms. The summed E-state index contributed by atoms with van der Waals surface area (Å²) in [6.07, 6.45) is 0. The number of nitrogens with one attached hydrogen (secondary N) is 1. The smallest absolute Gasteiger partial charge is 0.337 e. The molecule has 1 unspecified atom stereocenters. The monoisotopic (exact) mass is 345 g/mol. The van der Waals surface area contributed by atoms with Crippen LogP contribution in [0.5, 0.6) is 0 Å². The highest BCUT2D eigenvalue weighted by Crippen LogP contribution is 2.21. The third kappa shape index (κ3) is 4.54. The summed E-state index contributed by atoms with van der Waals surface area (Å²) >= 11 is 4.89. The minimum Gasteiger partial charge on any atom is -0.478 e. The quantitative estimate of drug-likeness (QED) is 0.831. The van der Waals surface area contributed by atoms with Crippen molar-refractivity contribution in [3.8, 4) is 0 Å². The van der Waals surface area contributed by atoms with Gasteiger partial charge in [0.2, 0.25) is 0 Å². The summed E-state index contributed by atoms with van der Waals surface area (Å²) < 4.78 is 0.406. The third-order valence-electron chi connectivity index (χ3n) is 2.42. The Balaban J connectivity index is 2.88. The Hall–Kier alpha value is -1.01. The molecule has 0 aliphatic carbocycles. The van der Waals surface area contributed by atoms with Crippen LogP contribution in [0.25, 0.3) is 0 Å². The fourth-order valence-electron chi connectivity index (χ4n) is 1.57. The maximum Gasteiger partial charge on any atom is 0.337 e. The molecule has 0 aliphatic rings. The van der Waals surface area contributed by atoms with Gasteiger partial charge in [-0.1, -0.05) is 13.0 Å². The number of carboxylic acid groups (broad SMARTS) is 1. The second-order valence-electron chi connectivity index (χ2n) is 4.00. The van der Waals surface area contributed by atoms with Crippen molar-refractivity contribution in [2.45, 2.75) is 19.9 Å². The summed E-state index contributed by atoms with van der Waals surface area (Å²) in [7, 11) is 0. The molecule has 1 aromatic rings. The second-order valence-corrected chi connectivity index (χ2v) is 6.17. The second kappa shape index (κ2) is 7.55. The van der Waals surface area contributed by atoms with Crippen molar-refractivity contribution < 1.29 is 14.7 Å². The van der Waals surface area contributed by atoms with Crippen LogP contribution in [0.15, 0.2) is 22.7 Å². The van der Waals surface area contributed by atoms with E-state index in [2.05, 4.69) is 28.2 Å². The number of thioether (sulfide) groups is 1. The average Bonchev–Trinajstić information content (AvgIpc) is 2.35. The Morgan fingerprint density at radius 2 is 2.16 bits per heavy atom. The van der Waals surface area contributed by atoms with Crippen LogP contribution >= 0.6 is 27.7 Å². The Bertz CT molecular complexity index is 479. The topological polar surface area (TPSA) is 66.4 Å². The molecule has 1 rings (SSSR count). The molecule has 1 aromatic carbocycles. The number of aromatic carboxylic acids is 1. The molecule has 0 radical (unpaired) electrons. The number of hydrogen-bond acceptors (Lipinski definition) is 3. The van der Waals surface area contributed by atoms with Crippen LogP contribution in [0.3, 0.4) is 0 Å². The summed E-state index contributed by atoms with van der Waals surface area (Å²) in [5, 5.41) is 12.0. The Labute approximate surface area is 125 Å². The van der Waals surface area contributed by atoms with Crippen LogP contribution in [-0.4, -0.2) is 34.5 Å². The Kier molecular flexibility index (Phi) is 6.37. The predicted molar refractivity (Wildman–Crippen MR) is 81.0 cm³/mol. The highest BCUT2D eigenvalue weighted by Gasteiger charge is 2.20. The van der Waals surface area contributed by atoms with Gasteiger partial charge in [0.1, 0.15) is 0 Å². The number of amides is 1. The van der Waals surface area contributed by atoms with Gasteiger partial charge in [0.05, 0.1) is 11.1 Å². The first-order chi connectivity index (χ1) is 8.97. The van der Waals surface area contributed by atoms with Crippen LogP contribution in [-0.2, 0) is 0 Å². The fourth-order valence-corrected chi connectivity index (χ4v) is 2.78. The lowest BCUT2D eigenvalue weighted by molar-refractivity contribution is 0.0689. The predicted octanol–water partition coefficient (Wildman–Crippen LogP) is 3.02. The van der Waals surface area contributed by atoms with E-state index in [9.17, 15) is 9.59 Å². The lowest BCUT2D eigenvalue weighted by atomic mass is 10.1. The molecule has 0 heterocycles. The lowest BCUT2D eigenvalue weighted by Gasteiger charge is -2.14. The van der Waals surface area contributed by atoms with E-state index in [1.807, 2.05) is 6.92 Å². The maximum atomic E-state index is 12.1. The van der Waals surface area contributed by atoms with E-state index in [-0.39, 0.29) is 23.1 Å². The fraction of sp³-hybridized carbons (Fsp3) is 0.385. The zero-order valence-electron chi connectivity index (χ0n) is 10.8. The van der Waals surface area contributed by atoms with Crippen LogP contribution in [0, 0.1) is 0 Å². The van der Waals surface area contributed by atoms with Crippen molar-refractivity contribution in [3.63, 3.8) is 0 Å². The Morgan fingerprint density at radius 1 is 1.47 bits per heavy atom. The summed E-state index contributed by atoms with van der Waals surface area (Å²) in [6, 6.07) is 4.77. The third-order valence-corrected chi connectivity index (χ3v) is 4.23. The normalized spacial score (nSPS) is 11.9. The average molecular weight is 346 g/mol. The summed E-state index contributed by atoms with van der Waals surface area (Å²) in [5.74, 6) is 0.312. The number of halogens is 1. The summed E-state index contributed by atoms with van der Waals surface area (Å²) in [6.45, 7) is 3.95. The summed E-state index contributed by atoms with van der Waals surface area (Å²) in [4.78, 5) is 23.3. The zero-order chi connectivity index (χ0) is 14.4. The molecule has 0 aliphatic heterocycles. The van der Waals surface area contributed by atoms with E-state index in [0.717, 1.165) is 11.5 Å². The van der Waals surface area contributed by atoms with Crippen molar-refractivity contribution in [3.05, 3.63) is 33.8 Å². The number of carbonyl (C=O) groups excluding carboxylic acids is 1. The van der Waals surface area contributed by atoms with Crippen molar-refractivity contribution in [1.82, 2.24) is 5.32 Å². The largest absolute Gasteiger partial charge is 0.478 e. The van der Waals surface area contributed by atoms with Gasteiger partial charge in [-0.25, -0.2) is 4.79 Å². The standard InChI is InChI=1S/C13H16BrNO3S/c1-3-19-7-8(2)15-12(16)9-5-4-6-10(14)11(9)13(17)18/h4-6,8H,3,7H2,1-2H3,(H,15,16)(H,17,18). The van der Waals surface area contributed by atoms with Gasteiger partial charge >= 0.3 is 5.97 Å². The van der Waals surface area contributed by atoms with Crippen molar-refractivity contribution in [2.75, 3.05) is 11.5 Å². The van der Waals surface area contributed by atoms with Crippen LogP contribution in [0.2, 0.25) is 0 Å². The molecule has 19 heavy (non-hydrogen) atoms. The number of carboxylic acids is 1. The van der Waals surface area contributed by atoms with Gasteiger partial charge in [0.25, 0.3) is 5.91 Å². The molecule has 0 spiro atoms. The first-order valence-corrected chi connectivity index (χ1v) is 7.82. The zero-order valence-corrected chi connectivity index (χ0v) is 13.2. The minimum absolute atomic E-state index is 0.00178. The van der Waals surface area contributed by atoms with Gasteiger partial charge in [0, 0.05) is 16.3 Å². The van der Waals surface area contributed by atoms with E-state index < -0.39 is 5.97 Å². The van der Waals surface area contributed by atoms with E-state index >= 15 is 0 Å². The lowest BCUT2D eigenvalue weighted by Crippen LogP contribution is -2.35. The van der Waals surface area contributed by atoms with Gasteiger partial charge in [-0.2, -0.15) is 11.8 Å². The highest BCUT2D eigenvalue weighted by atomic mass is 79.9. The number of benzene rings is 1. The number of rotatable bonds is 6. The molecule has 6 heteroatoms. The van der Waals surface area contributed by atoms with Crippen molar-refractivity contribution >= 4 is 39.6 Å². The van der Waals surface area contributed by atoms with Crippen LogP contribution < -0.4 is 5.32 Å². The van der Waals surface area contributed by atoms with Gasteiger partial charge in [-0.15, -0.1) is 0 Å². The van der Waals surface area contributed by atoms with Gasteiger partial charge in [-0.3, -0.25) is 4.79 Å². The van der Waals surface area contributed by atoms with Gasteiger partial charge < -0.3 is 10.4 Å². The molecule has 0 saturated carbocycles.